The van der Waals surface area contributed by atoms with Crippen molar-refractivity contribution in [3.05, 3.63) is 60.9 Å². The van der Waals surface area contributed by atoms with E-state index in [0.29, 0.717) is 11.5 Å². The van der Waals surface area contributed by atoms with Crippen LogP contribution in [-0.4, -0.2) is 31.7 Å². The Morgan fingerprint density at radius 2 is 1.74 bits per heavy atom. The van der Waals surface area contributed by atoms with E-state index in [4.69, 9.17) is 22.0 Å². The number of amides is 1. The van der Waals surface area contributed by atoms with E-state index in [0.717, 1.165) is 53.8 Å². The number of nitrogens with two attached hydrogens (primary N) is 1. The van der Waals surface area contributed by atoms with Gasteiger partial charge in [0.05, 0.1) is 11.4 Å². The summed E-state index contributed by atoms with van der Waals surface area (Å²) in [6.45, 7) is 0. The fourth-order valence-corrected chi connectivity index (χ4v) is 4.45. The zero-order chi connectivity index (χ0) is 23.5. The summed E-state index contributed by atoms with van der Waals surface area (Å²) in [5, 5.41) is 8.55. The second-order valence-corrected chi connectivity index (χ2v) is 8.31. The lowest BCUT2D eigenvalue weighted by Gasteiger charge is -2.28. The average molecular weight is 453 g/mol. The van der Waals surface area contributed by atoms with Crippen LogP contribution in [0.2, 0.25) is 0 Å². The number of aromatic nitrogens is 4. The number of para-hydroxylation sites is 1. The molecule has 0 aliphatic heterocycles. The second-order valence-electron chi connectivity index (χ2n) is 8.31. The summed E-state index contributed by atoms with van der Waals surface area (Å²) >= 11 is 0. The van der Waals surface area contributed by atoms with Crippen LogP contribution in [0.4, 0.5) is 5.82 Å². The van der Waals surface area contributed by atoms with Crippen molar-refractivity contribution in [2.24, 2.45) is 0 Å². The number of nitrogen functional groups attached to an aromatic ring is 1. The quantitative estimate of drug-likeness (QED) is 0.442. The number of anilines is 1. The molecule has 3 N–H and O–H groups in total. The molecule has 2 heterocycles. The van der Waals surface area contributed by atoms with Gasteiger partial charge < -0.3 is 15.8 Å². The monoisotopic (exact) mass is 452 g/mol. The molecule has 34 heavy (non-hydrogen) atoms. The maximum absolute atomic E-state index is 11.5. The van der Waals surface area contributed by atoms with Crippen molar-refractivity contribution >= 4 is 22.8 Å². The Hall–Kier alpha value is -4.38. The Morgan fingerprint density at radius 3 is 2.44 bits per heavy atom. The van der Waals surface area contributed by atoms with Crippen LogP contribution in [-0.2, 0) is 4.79 Å². The number of carbonyl (C=O) groups is 1. The number of nitrogens with one attached hydrogen (secondary N) is 1. The number of ether oxygens (including phenoxy) is 1. The topological polar surface area (TPSA) is 108 Å². The molecule has 0 saturated heterocycles. The van der Waals surface area contributed by atoms with E-state index in [1.54, 1.807) is 0 Å². The summed E-state index contributed by atoms with van der Waals surface area (Å²) in [6.07, 6.45) is 9.98. The van der Waals surface area contributed by atoms with Crippen molar-refractivity contribution in [2.75, 3.05) is 5.73 Å². The van der Waals surface area contributed by atoms with Gasteiger partial charge in [-0.1, -0.05) is 18.2 Å². The number of hydrogen-bond acceptors (Lipinski definition) is 6. The van der Waals surface area contributed by atoms with Gasteiger partial charge in [0.1, 0.15) is 29.3 Å². The Morgan fingerprint density at radius 1 is 1.03 bits per heavy atom. The molecule has 170 valence electrons. The average Bonchev–Trinajstić information content (AvgIpc) is 3.26. The molecular formula is C26H24N6O2. The van der Waals surface area contributed by atoms with Crippen LogP contribution >= 0.6 is 0 Å². The molecule has 8 heteroatoms. The van der Waals surface area contributed by atoms with Crippen molar-refractivity contribution < 1.29 is 9.53 Å². The first-order valence-corrected chi connectivity index (χ1v) is 11.2. The summed E-state index contributed by atoms with van der Waals surface area (Å²) in [5.41, 5.74) is 8.62. The molecular weight excluding hydrogens is 428 g/mol. The second kappa shape index (κ2) is 9.24. The lowest BCUT2D eigenvalue weighted by atomic mass is 9.91. The minimum atomic E-state index is -0.365. The van der Waals surface area contributed by atoms with Crippen LogP contribution in [0.1, 0.15) is 31.7 Å². The molecule has 1 aliphatic carbocycles. The van der Waals surface area contributed by atoms with Crippen LogP contribution in [0.3, 0.4) is 0 Å². The molecule has 1 fully saturated rings. The highest BCUT2D eigenvalue weighted by Gasteiger charge is 2.27. The van der Waals surface area contributed by atoms with Gasteiger partial charge in [0.25, 0.3) is 5.91 Å². The molecule has 8 nitrogen and oxygen atoms in total. The first kappa shape index (κ1) is 21.5. The number of rotatable bonds is 5. The standard InChI is InChI=1S/C26H24N6O2/c1-2-22(33)30-18-10-12-19(13-11-18)32-26-23(25(27)28-16-29-26)24(31-32)17-8-14-21(15-9-17)34-20-6-4-3-5-7-20/h1,3-9,14-16,18-19H,10-13H2,(H,30,33)(H2,27,28,29). The van der Waals surface area contributed by atoms with E-state index in [9.17, 15) is 4.79 Å². The van der Waals surface area contributed by atoms with Crippen LogP contribution < -0.4 is 15.8 Å². The molecule has 2 aromatic carbocycles. The van der Waals surface area contributed by atoms with Gasteiger partial charge in [-0.15, -0.1) is 6.42 Å². The van der Waals surface area contributed by atoms with Gasteiger partial charge in [0.15, 0.2) is 5.65 Å². The molecule has 0 radical (unpaired) electrons. The molecule has 0 unspecified atom stereocenters. The summed E-state index contributed by atoms with van der Waals surface area (Å²) in [5.74, 6) is 3.65. The number of hydrogen-bond donors (Lipinski definition) is 2. The Balaban J connectivity index is 1.42. The molecule has 0 spiro atoms. The van der Waals surface area contributed by atoms with Crippen LogP contribution in [0, 0.1) is 12.3 Å². The van der Waals surface area contributed by atoms with E-state index >= 15 is 0 Å². The maximum atomic E-state index is 11.5. The van der Waals surface area contributed by atoms with Crippen molar-refractivity contribution in [3.8, 4) is 35.1 Å². The molecule has 5 rings (SSSR count). The Kier molecular flexibility index (Phi) is 5.83. The van der Waals surface area contributed by atoms with Gasteiger partial charge in [0.2, 0.25) is 0 Å². The van der Waals surface area contributed by atoms with Crippen molar-refractivity contribution in [1.82, 2.24) is 25.1 Å². The Bertz CT molecular complexity index is 1350. The molecule has 0 atom stereocenters. The van der Waals surface area contributed by atoms with E-state index in [1.807, 2.05) is 59.3 Å². The highest BCUT2D eigenvalue weighted by atomic mass is 16.5. The first-order chi connectivity index (χ1) is 16.6. The van der Waals surface area contributed by atoms with Gasteiger partial charge in [-0.3, -0.25) is 4.79 Å². The largest absolute Gasteiger partial charge is 0.457 e. The third kappa shape index (κ3) is 4.28. The number of carbonyl (C=O) groups excluding carboxylic acids is 1. The highest BCUT2D eigenvalue weighted by molar-refractivity contribution is 5.98. The minimum Gasteiger partial charge on any atom is -0.457 e. The third-order valence-electron chi connectivity index (χ3n) is 6.13. The van der Waals surface area contributed by atoms with Gasteiger partial charge >= 0.3 is 0 Å². The highest BCUT2D eigenvalue weighted by Crippen LogP contribution is 2.36. The number of fused-ring (bicyclic) bond motifs is 1. The zero-order valence-corrected chi connectivity index (χ0v) is 18.5. The lowest BCUT2D eigenvalue weighted by Crippen LogP contribution is -2.37. The van der Waals surface area contributed by atoms with E-state index < -0.39 is 0 Å². The summed E-state index contributed by atoms with van der Waals surface area (Å²) in [6, 6.07) is 17.6. The number of benzene rings is 2. The third-order valence-corrected chi connectivity index (χ3v) is 6.13. The van der Waals surface area contributed by atoms with Crippen molar-refractivity contribution in [1.29, 1.82) is 0 Å². The van der Waals surface area contributed by atoms with Crippen LogP contribution in [0.5, 0.6) is 11.5 Å². The van der Waals surface area contributed by atoms with E-state index in [1.165, 1.54) is 6.33 Å². The lowest BCUT2D eigenvalue weighted by molar-refractivity contribution is -0.116. The molecule has 1 amide bonds. The first-order valence-electron chi connectivity index (χ1n) is 11.2. The normalized spacial score (nSPS) is 17.7. The summed E-state index contributed by atoms with van der Waals surface area (Å²) < 4.78 is 7.86. The molecule has 2 aromatic heterocycles. The van der Waals surface area contributed by atoms with Gasteiger partial charge in [-0.05, 0) is 68.0 Å². The Labute approximate surface area is 197 Å². The zero-order valence-electron chi connectivity index (χ0n) is 18.5. The number of nitrogens with zero attached hydrogens (tertiary/aromatic N) is 4. The fraction of sp³-hybridized carbons (Fsp3) is 0.231. The van der Waals surface area contributed by atoms with Gasteiger partial charge in [0, 0.05) is 11.6 Å². The maximum Gasteiger partial charge on any atom is 0.295 e. The summed E-state index contributed by atoms with van der Waals surface area (Å²) in [7, 11) is 0. The number of terminal acetylenes is 1. The minimum absolute atomic E-state index is 0.0814. The van der Waals surface area contributed by atoms with E-state index in [2.05, 4.69) is 21.2 Å². The predicted molar refractivity (Wildman–Crippen MR) is 130 cm³/mol. The smallest absolute Gasteiger partial charge is 0.295 e. The fourth-order valence-electron chi connectivity index (χ4n) is 4.45. The SMILES string of the molecule is C#CC(=O)NC1CCC(n2nc(-c3ccc(Oc4ccccc4)cc3)c3c(N)ncnc32)CC1. The predicted octanol–water partition coefficient (Wildman–Crippen LogP) is 4.10. The van der Waals surface area contributed by atoms with Crippen molar-refractivity contribution in [3.63, 3.8) is 0 Å². The van der Waals surface area contributed by atoms with Crippen LogP contribution in [0.15, 0.2) is 60.9 Å². The molecule has 0 bridgehead atoms. The van der Waals surface area contributed by atoms with Crippen molar-refractivity contribution in [2.45, 2.75) is 37.8 Å². The van der Waals surface area contributed by atoms with Crippen LogP contribution in [0.25, 0.3) is 22.3 Å². The molecule has 1 aliphatic rings. The molecule has 1 saturated carbocycles. The van der Waals surface area contributed by atoms with Gasteiger partial charge in [-0.2, -0.15) is 5.10 Å². The van der Waals surface area contributed by atoms with E-state index in [-0.39, 0.29) is 18.0 Å². The molecule has 4 aromatic rings. The summed E-state index contributed by atoms with van der Waals surface area (Å²) in [4.78, 5) is 20.2. The van der Waals surface area contributed by atoms with Gasteiger partial charge in [-0.25, -0.2) is 14.6 Å².